The second-order valence-electron chi connectivity index (χ2n) is 8.66. The number of amides is 3. The van der Waals surface area contributed by atoms with Crippen molar-refractivity contribution < 1.29 is 23.9 Å². The molecule has 0 aliphatic carbocycles. The van der Waals surface area contributed by atoms with Gasteiger partial charge in [-0.2, -0.15) is 0 Å². The fraction of sp³-hybridized carbons (Fsp3) is 0.250. The Hall–Kier alpha value is -4.13. The maximum absolute atomic E-state index is 13.8. The van der Waals surface area contributed by atoms with Crippen molar-refractivity contribution in [3.8, 4) is 5.75 Å². The molecule has 0 aromatic heterocycles. The summed E-state index contributed by atoms with van der Waals surface area (Å²) < 4.78 is 11.0. The van der Waals surface area contributed by atoms with Gasteiger partial charge < -0.3 is 14.8 Å². The first kappa shape index (κ1) is 24.0. The molecule has 1 aliphatic rings. The molecule has 7 heteroatoms. The van der Waals surface area contributed by atoms with Gasteiger partial charge in [0.1, 0.15) is 5.75 Å². The molecule has 1 fully saturated rings. The Balaban J connectivity index is 1.64. The fourth-order valence-electron chi connectivity index (χ4n) is 4.32. The van der Waals surface area contributed by atoms with Gasteiger partial charge in [-0.25, -0.2) is 9.69 Å². The van der Waals surface area contributed by atoms with Crippen LogP contribution in [0.3, 0.4) is 0 Å². The number of rotatable bonds is 8. The first-order chi connectivity index (χ1) is 16.8. The van der Waals surface area contributed by atoms with Crippen molar-refractivity contribution in [1.82, 2.24) is 10.2 Å². The van der Waals surface area contributed by atoms with Crippen molar-refractivity contribution in [3.05, 3.63) is 101 Å². The minimum atomic E-state index is -2.00. The lowest BCUT2D eigenvalue weighted by Gasteiger charge is -2.26. The number of carbonyl (C=O) groups excluding carboxylic acids is 3. The molecule has 35 heavy (non-hydrogen) atoms. The topological polar surface area (TPSA) is 84.9 Å². The zero-order chi connectivity index (χ0) is 25.0. The molecule has 0 unspecified atom stereocenters. The molecule has 1 heterocycles. The summed E-state index contributed by atoms with van der Waals surface area (Å²) in [5, 5.41) is 2.81. The third-order valence-electron chi connectivity index (χ3n) is 6.15. The van der Waals surface area contributed by atoms with Crippen LogP contribution in [0.2, 0.25) is 0 Å². The highest BCUT2D eigenvalue weighted by molar-refractivity contribution is 6.17. The molecule has 3 aromatic carbocycles. The number of hydrogen-bond acceptors (Lipinski definition) is 5. The van der Waals surface area contributed by atoms with E-state index in [9.17, 15) is 14.4 Å². The number of nitrogens with zero attached hydrogens (tertiary/aromatic N) is 1. The Kier molecular flexibility index (Phi) is 6.87. The lowest BCUT2D eigenvalue weighted by molar-refractivity contribution is -0.150. The molecule has 0 saturated carbocycles. The second kappa shape index (κ2) is 10.0. The highest BCUT2D eigenvalue weighted by Crippen LogP contribution is 2.35. The van der Waals surface area contributed by atoms with Crippen molar-refractivity contribution in [2.45, 2.75) is 38.5 Å². The van der Waals surface area contributed by atoms with Crippen LogP contribution in [0.15, 0.2) is 78.9 Å². The summed E-state index contributed by atoms with van der Waals surface area (Å²) in [7, 11) is 1.57. The Labute approximate surface area is 204 Å². The largest absolute Gasteiger partial charge is 0.497 e. The van der Waals surface area contributed by atoms with Gasteiger partial charge in [0.25, 0.3) is 17.4 Å². The SMILES string of the molecule is COc1cc(C)cc(CNC(=O)[C@@]2(Cc3ccccc3)OC(=O)N([C@H](C)c3ccccc3)C2=O)c1. The van der Waals surface area contributed by atoms with Gasteiger partial charge in [-0.1, -0.05) is 66.7 Å². The summed E-state index contributed by atoms with van der Waals surface area (Å²) in [5.41, 5.74) is 1.24. The summed E-state index contributed by atoms with van der Waals surface area (Å²) in [4.78, 5) is 41.4. The molecule has 1 N–H and O–H groups in total. The number of aryl methyl sites for hydroxylation is 1. The van der Waals surface area contributed by atoms with Crippen molar-refractivity contribution in [1.29, 1.82) is 0 Å². The van der Waals surface area contributed by atoms with E-state index in [0.29, 0.717) is 11.3 Å². The molecule has 7 nitrogen and oxygen atoms in total. The van der Waals surface area contributed by atoms with E-state index in [0.717, 1.165) is 21.6 Å². The molecule has 1 saturated heterocycles. The zero-order valence-electron chi connectivity index (χ0n) is 20.0. The van der Waals surface area contributed by atoms with Gasteiger partial charge in [0.2, 0.25) is 0 Å². The number of imide groups is 1. The van der Waals surface area contributed by atoms with Crippen molar-refractivity contribution >= 4 is 17.9 Å². The summed E-state index contributed by atoms with van der Waals surface area (Å²) in [6, 6.07) is 23.2. The van der Waals surface area contributed by atoms with E-state index in [1.807, 2.05) is 73.7 Å². The average molecular weight is 473 g/mol. The molecule has 3 amide bonds. The number of carbonyl (C=O) groups is 3. The van der Waals surface area contributed by atoms with Crippen LogP contribution in [0.1, 0.15) is 35.2 Å². The van der Waals surface area contributed by atoms with Crippen LogP contribution in [0.4, 0.5) is 4.79 Å². The van der Waals surface area contributed by atoms with Gasteiger partial charge in [0, 0.05) is 13.0 Å². The maximum Gasteiger partial charge on any atom is 0.418 e. The van der Waals surface area contributed by atoms with E-state index < -0.39 is 29.6 Å². The summed E-state index contributed by atoms with van der Waals surface area (Å²) >= 11 is 0. The van der Waals surface area contributed by atoms with Crippen molar-refractivity contribution in [2.75, 3.05) is 7.11 Å². The van der Waals surface area contributed by atoms with Crippen molar-refractivity contribution in [3.63, 3.8) is 0 Å². The van der Waals surface area contributed by atoms with Gasteiger partial charge in [0.15, 0.2) is 0 Å². The standard InChI is InChI=1S/C28H28N2O5/c1-19-14-22(16-24(15-19)34-3)18-29-25(31)28(17-21-10-6-4-7-11-21)26(32)30(27(33)35-28)20(2)23-12-8-5-9-13-23/h4-16,20H,17-18H2,1-3H3,(H,29,31)/t20-,28-/m1/s1. The Morgan fingerprint density at radius 3 is 2.31 bits per heavy atom. The molecular formula is C28H28N2O5. The molecule has 1 aliphatic heterocycles. The first-order valence-electron chi connectivity index (χ1n) is 11.4. The smallest absolute Gasteiger partial charge is 0.418 e. The summed E-state index contributed by atoms with van der Waals surface area (Å²) in [5.74, 6) is -0.676. The molecule has 4 rings (SSSR count). The Morgan fingerprint density at radius 1 is 1.00 bits per heavy atom. The van der Waals surface area contributed by atoms with Gasteiger partial charge >= 0.3 is 6.09 Å². The molecule has 0 bridgehead atoms. The summed E-state index contributed by atoms with van der Waals surface area (Å²) in [6.07, 6.45) is -0.908. The van der Waals surface area contributed by atoms with Gasteiger partial charge in [-0.3, -0.25) is 9.59 Å². The molecule has 2 atom stereocenters. The molecule has 0 spiro atoms. The maximum atomic E-state index is 13.8. The van der Waals surface area contributed by atoms with E-state index in [1.165, 1.54) is 0 Å². The number of methoxy groups -OCH3 is 1. The van der Waals surface area contributed by atoms with E-state index in [-0.39, 0.29) is 13.0 Å². The summed E-state index contributed by atoms with van der Waals surface area (Å²) in [6.45, 7) is 3.81. The quantitative estimate of drug-likeness (QED) is 0.493. The van der Waals surface area contributed by atoms with E-state index >= 15 is 0 Å². The van der Waals surface area contributed by atoms with Crippen LogP contribution < -0.4 is 10.1 Å². The third-order valence-corrected chi connectivity index (χ3v) is 6.15. The first-order valence-corrected chi connectivity index (χ1v) is 11.4. The van der Waals surface area contributed by atoms with E-state index in [2.05, 4.69) is 5.32 Å². The Bertz CT molecular complexity index is 1230. The minimum absolute atomic E-state index is 0.0700. The highest BCUT2D eigenvalue weighted by atomic mass is 16.6. The van der Waals surface area contributed by atoms with E-state index in [1.54, 1.807) is 26.2 Å². The van der Waals surface area contributed by atoms with Crippen LogP contribution in [0, 0.1) is 6.92 Å². The Morgan fingerprint density at radius 2 is 1.66 bits per heavy atom. The second-order valence-corrected chi connectivity index (χ2v) is 8.66. The number of benzene rings is 3. The molecule has 0 radical (unpaired) electrons. The minimum Gasteiger partial charge on any atom is -0.497 e. The predicted octanol–water partition coefficient (Wildman–Crippen LogP) is 4.34. The number of ether oxygens (including phenoxy) is 2. The van der Waals surface area contributed by atoms with Crippen molar-refractivity contribution in [2.24, 2.45) is 0 Å². The van der Waals surface area contributed by atoms with Crippen LogP contribution in [-0.4, -0.2) is 35.5 Å². The van der Waals surface area contributed by atoms with Crippen LogP contribution >= 0.6 is 0 Å². The molecule has 3 aromatic rings. The number of nitrogens with one attached hydrogen (secondary N) is 1. The van der Waals surface area contributed by atoms with E-state index in [4.69, 9.17) is 9.47 Å². The normalized spacial score (nSPS) is 18.2. The van der Waals surface area contributed by atoms with Gasteiger partial charge in [-0.05, 0) is 48.2 Å². The van der Waals surface area contributed by atoms with Gasteiger partial charge in [0.05, 0.1) is 13.2 Å². The number of cyclic esters (lactones) is 1. The third kappa shape index (κ3) is 4.89. The molecule has 180 valence electrons. The highest BCUT2D eigenvalue weighted by Gasteiger charge is 2.60. The van der Waals surface area contributed by atoms with Crippen LogP contribution in [0.5, 0.6) is 5.75 Å². The lowest BCUT2D eigenvalue weighted by atomic mass is 9.91. The zero-order valence-corrected chi connectivity index (χ0v) is 20.0. The average Bonchev–Trinajstić information content (AvgIpc) is 3.12. The monoisotopic (exact) mass is 472 g/mol. The van der Waals surface area contributed by atoms with Crippen LogP contribution in [0.25, 0.3) is 0 Å². The van der Waals surface area contributed by atoms with Crippen LogP contribution in [-0.2, 0) is 27.3 Å². The fourth-order valence-corrected chi connectivity index (χ4v) is 4.32. The van der Waals surface area contributed by atoms with Gasteiger partial charge in [-0.15, -0.1) is 0 Å². The molecular weight excluding hydrogens is 444 g/mol. The lowest BCUT2D eigenvalue weighted by Crippen LogP contribution is -2.55. The predicted molar refractivity (Wildman–Crippen MR) is 131 cm³/mol. The number of hydrogen-bond donors (Lipinski definition) is 1.